The van der Waals surface area contributed by atoms with E-state index in [4.69, 9.17) is 16.3 Å². The molecule has 0 amide bonds. The molecule has 0 aliphatic rings. The molecule has 0 spiro atoms. The number of hydrogen-bond acceptors (Lipinski definition) is 2. The second-order valence-electron chi connectivity index (χ2n) is 2.32. The van der Waals surface area contributed by atoms with Gasteiger partial charge in [-0.25, -0.2) is 0 Å². The summed E-state index contributed by atoms with van der Waals surface area (Å²) in [6.45, 7) is 0. The molecule has 1 aromatic carbocycles. The van der Waals surface area contributed by atoms with Gasteiger partial charge in [0.1, 0.15) is 5.75 Å². The third-order valence-corrected chi connectivity index (χ3v) is 2.67. The Balaban J connectivity index is 3.02. The Bertz CT molecular complexity index is 263. The van der Waals surface area contributed by atoms with Crippen molar-refractivity contribution in [2.45, 2.75) is 10.8 Å². The van der Waals surface area contributed by atoms with E-state index >= 15 is 0 Å². The second-order valence-corrected chi connectivity index (χ2v) is 3.44. The van der Waals surface area contributed by atoms with Crippen molar-refractivity contribution in [3.63, 3.8) is 0 Å². The number of alkyl halides is 1. The van der Waals surface area contributed by atoms with Crippen molar-refractivity contribution < 1.29 is 4.74 Å². The summed E-state index contributed by atoms with van der Waals surface area (Å²) in [5.74, 6) is 1.47. The van der Waals surface area contributed by atoms with E-state index < -0.39 is 0 Å². The largest absolute Gasteiger partial charge is 0.496 e. The van der Waals surface area contributed by atoms with Gasteiger partial charge in [0.2, 0.25) is 0 Å². The summed E-state index contributed by atoms with van der Waals surface area (Å²) < 4.78 is 5.17. The van der Waals surface area contributed by atoms with Gasteiger partial charge in [0.05, 0.1) is 7.11 Å². The van der Waals surface area contributed by atoms with Gasteiger partial charge in [-0.1, -0.05) is 6.07 Å². The molecule has 0 aromatic heterocycles. The van der Waals surface area contributed by atoms with Gasteiger partial charge in [0.15, 0.2) is 0 Å². The van der Waals surface area contributed by atoms with Crippen molar-refractivity contribution in [3.8, 4) is 5.75 Å². The quantitative estimate of drug-likeness (QED) is 0.550. The first-order valence-electron chi connectivity index (χ1n) is 3.58. The van der Waals surface area contributed by atoms with Crippen molar-refractivity contribution in [1.29, 1.82) is 0 Å². The van der Waals surface area contributed by atoms with Crippen LogP contribution in [0.5, 0.6) is 5.75 Å². The molecule has 0 unspecified atom stereocenters. The fourth-order valence-corrected chi connectivity index (χ4v) is 1.75. The minimum atomic E-state index is 0.553. The van der Waals surface area contributed by atoms with Gasteiger partial charge in [0.25, 0.3) is 0 Å². The molecule has 0 saturated carbocycles. The molecule has 0 saturated heterocycles. The van der Waals surface area contributed by atoms with Crippen molar-refractivity contribution in [2.24, 2.45) is 0 Å². The highest BCUT2D eigenvalue weighted by molar-refractivity contribution is 7.98. The van der Waals surface area contributed by atoms with Crippen LogP contribution in [0.2, 0.25) is 0 Å². The Kier molecular flexibility index (Phi) is 3.76. The molecule has 0 atom stereocenters. The zero-order valence-electron chi connectivity index (χ0n) is 7.13. The number of methoxy groups -OCH3 is 1. The highest BCUT2D eigenvalue weighted by atomic mass is 35.5. The summed E-state index contributed by atoms with van der Waals surface area (Å²) in [5, 5.41) is 0. The first-order valence-corrected chi connectivity index (χ1v) is 5.34. The third-order valence-electron chi connectivity index (χ3n) is 1.60. The van der Waals surface area contributed by atoms with Crippen molar-refractivity contribution in [1.82, 2.24) is 0 Å². The smallest absolute Gasteiger partial charge is 0.132 e. The van der Waals surface area contributed by atoms with E-state index in [-0.39, 0.29) is 0 Å². The van der Waals surface area contributed by atoms with Crippen LogP contribution in [0, 0.1) is 0 Å². The molecule has 0 aliphatic heterocycles. The molecular formula is C9H11ClOS. The van der Waals surface area contributed by atoms with Gasteiger partial charge in [0, 0.05) is 10.8 Å². The van der Waals surface area contributed by atoms with Crippen molar-refractivity contribution >= 4 is 23.4 Å². The number of ether oxygens (including phenoxy) is 1. The van der Waals surface area contributed by atoms with Crippen LogP contribution in [0.15, 0.2) is 23.1 Å². The summed E-state index contributed by atoms with van der Waals surface area (Å²) in [6, 6.07) is 5.98. The standard InChI is InChI=1S/C9H11ClOS/c1-11-8-4-3-7(6-10)5-9(8)12-2/h3-5H,6H2,1-2H3. The fraction of sp³-hybridized carbons (Fsp3) is 0.333. The zero-order valence-corrected chi connectivity index (χ0v) is 8.71. The average Bonchev–Trinajstić information content (AvgIpc) is 2.16. The zero-order chi connectivity index (χ0) is 8.97. The van der Waals surface area contributed by atoms with Crippen molar-refractivity contribution in [3.05, 3.63) is 23.8 Å². The van der Waals surface area contributed by atoms with Crippen LogP contribution in [0.3, 0.4) is 0 Å². The molecule has 0 N–H and O–H groups in total. The Morgan fingerprint density at radius 1 is 1.50 bits per heavy atom. The van der Waals surface area contributed by atoms with Crippen LogP contribution in [0.4, 0.5) is 0 Å². The Morgan fingerprint density at radius 3 is 2.75 bits per heavy atom. The lowest BCUT2D eigenvalue weighted by molar-refractivity contribution is 0.404. The topological polar surface area (TPSA) is 9.23 Å². The summed E-state index contributed by atoms with van der Waals surface area (Å²) in [7, 11) is 1.68. The maximum Gasteiger partial charge on any atom is 0.132 e. The van der Waals surface area contributed by atoms with Crippen LogP contribution in [0.25, 0.3) is 0 Å². The monoisotopic (exact) mass is 202 g/mol. The predicted molar refractivity (Wildman–Crippen MR) is 54.3 cm³/mol. The van der Waals surface area contributed by atoms with Gasteiger partial charge >= 0.3 is 0 Å². The number of halogens is 1. The highest BCUT2D eigenvalue weighted by Gasteiger charge is 2.01. The molecule has 0 bridgehead atoms. The first kappa shape index (κ1) is 9.75. The lowest BCUT2D eigenvalue weighted by Gasteiger charge is -2.06. The highest BCUT2D eigenvalue weighted by Crippen LogP contribution is 2.28. The summed E-state index contributed by atoms with van der Waals surface area (Å²) in [5.41, 5.74) is 1.13. The maximum absolute atomic E-state index is 5.70. The number of rotatable bonds is 3. The maximum atomic E-state index is 5.70. The first-order chi connectivity index (χ1) is 5.81. The minimum absolute atomic E-state index is 0.553. The van der Waals surface area contributed by atoms with Gasteiger partial charge < -0.3 is 4.74 Å². The molecule has 1 aromatic rings. The van der Waals surface area contributed by atoms with Gasteiger partial charge in [-0.2, -0.15) is 0 Å². The number of benzene rings is 1. The molecule has 0 aliphatic carbocycles. The Hall–Kier alpha value is -0.340. The number of hydrogen-bond donors (Lipinski definition) is 0. The molecule has 66 valence electrons. The predicted octanol–water partition coefficient (Wildman–Crippen LogP) is 3.16. The van der Waals surface area contributed by atoms with Crippen LogP contribution >= 0.6 is 23.4 Å². The molecule has 0 radical (unpaired) electrons. The number of thioether (sulfide) groups is 1. The normalized spacial score (nSPS) is 9.92. The molecule has 3 heteroatoms. The lowest BCUT2D eigenvalue weighted by atomic mass is 10.2. The molecule has 0 fully saturated rings. The summed E-state index contributed by atoms with van der Waals surface area (Å²) >= 11 is 7.37. The van der Waals surface area contributed by atoms with Gasteiger partial charge in [-0.15, -0.1) is 23.4 Å². The lowest BCUT2D eigenvalue weighted by Crippen LogP contribution is -1.87. The SMILES string of the molecule is COc1ccc(CCl)cc1SC. The third kappa shape index (κ3) is 2.08. The average molecular weight is 203 g/mol. The second kappa shape index (κ2) is 4.63. The van der Waals surface area contributed by atoms with Crippen LogP contribution in [-0.4, -0.2) is 13.4 Å². The van der Waals surface area contributed by atoms with E-state index in [1.54, 1.807) is 18.9 Å². The minimum Gasteiger partial charge on any atom is -0.496 e. The van der Waals surface area contributed by atoms with E-state index in [1.807, 2.05) is 18.4 Å². The fourth-order valence-electron chi connectivity index (χ4n) is 0.964. The van der Waals surface area contributed by atoms with Crippen LogP contribution < -0.4 is 4.74 Å². The van der Waals surface area contributed by atoms with E-state index in [0.717, 1.165) is 16.2 Å². The Morgan fingerprint density at radius 2 is 2.25 bits per heavy atom. The van der Waals surface area contributed by atoms with Gasteiger partial charge in [-0.05, 0) is 24.0 Å². The van der Waals surface area contributed by atoms with Crippen molar-refractivity contribution in [2.75, 3.05) is 13.4 Å². The Labute approximate surface area is 82.1 Å². The van der Waals surface area contributed by atoms with Crippen LogP contribution in [0.1, 0.15) is 5.56 Å². The molecule has 12 heavy (non-hydrogen) atoms. The summed E-state index contributed by atoms with van der Waals surface area (Å²) in [4.78, 5) is 1.13. The summed E-state index contributed by atoms with van der Waals surface area (Å²) in [6.07, 6.45) is 2.02. The molecule has 0 heterocycles. The van der Waals surface area contributed by atoms with E-state index in [1.165, 1.54) is 0 Å². The van der Waals surface area contributed by atoms with E-state index in [9.17, 15) is 0 Å². The van der Waals surface area contributed by atoms with Gasteiger partial charge in [-0.3, -0.25) is 0 Å². The molecule has 1 nitrogen and oxygen atoms in total. The molecule has 1 rings (SSSR count). The van der Waals surface area contributed by atoms with E-state index in [2.05, 4.69) is 6.07 Å². The molecular weight excluding hydrogens is 192 g/mol. The van der Waals surface area contributed by atoms with Crippen LogP contribution in [-0.2, 0) is 5.88 Å². The van der Waals surface area contributed by atoms with E-state index in [0.29, 0.717) is 5.88 Å².